The van der Waals surface area contributed by atoms with Crippen LogP contribution in [0.25, 0.3) is 0 Å². The van der Waals surface area contributed by atoms with E-state index in [0.29, 0.717) is 6.42 Å². The fourth-order valence-corrected chi connectivity index (χ4v) is 4.13. The van der Waals surface area contributed by atoms with Crippen LogP contribution in [-0.4, -0.2) is 49.0 Å². The van der Waals surface area contributed by atoms with Gasteiger partial charge in [-0.2, -0.15) is 0 Å². The minimum atomic E-state index is -2.92. The van der Waals surface area contributed by atoms with E-state index in [1.807, 2.05) is 13.8 Å². The van der Waals surface area contributed by atoms with Gasteiger partial charge < -0.3 is 4.90 Å². The minimum Gasteiger partial charge on any atom is -0.322 e. The molecule has 0 radical (unpaired) electrons. The summed E-state index contributed by atoms with van der Waals surface area (Å²) in [6, 6.07) is -0.321. The highest BCUT2D eigenvalue weighted by Crippen LogP contribution is 2.23. The first-order valence-corrected chi connectivity index (χ1v) is 7.01. The van der Waals surface area contributed by atoms with Crippen LogP contribution in [0.2, 0.25) is 0 Å². The molecule has 2 aliphatic rings. The number of rotatable bonds is 1. The van der Waals surface area contributed by atoms with Gasteiger partial charge >= 0.3 is 0 Å². The molecule has 0 aromatic rings. The summed E-state index contributed by atoms with van der Waals surface area (Å²) in [5, 5.41) is 3.10. The Hall–Kier alpha value is -0.620. The molecular weight excluding hydrogens is 216 g/mol. The van der Waals surface area contributed by atoms with Crippen LogP contribution in [0.5, 0.6) is 0 Å². The largest absolute Gasteiger partial charge is 0.322 e. The summed E-state index contributed by atoms with van der Waals surface area (Å²) in [4.78, 5) is 13.5. The number of carbonyl (C=O) groups excluding carboxylic acids is 1. The van der Waals surface area contributed by atoms with Crippen molar-refractivity contribution in [2.24, 2.45) is 0 Å². The van der Waals surface area contributed by atoms with E-state index in [0.717, 1.165) is 0 Å². The van der Waals surface area contributed by atoms with Crippen LogP contribution in [0, 0.1) is 0 Å². The summed E-state index contributed by atoms with van der Waals surface area (Å²) in [6.45, 7) is 3.70. The average molecular weight is 232 g/mol. The summed E-state index contributed by atoms with van der Waals surface area (Å²) in [5.74, 6) is 0.352. The molecule has 5 nitrogen and oxygen atoms in total. The molecule has 86 valence electrons. The van der Waals surface area contributed by atoms with Crippen LogP contribution >= 0.6 is 0 Å². The zero-order valence-corrected chi connectivity index (χ0v) is 9.75. The van der Waals surface area contributed by atoms with Gasteiger partial charge in [-0.25, -0.2) is 8.42 Å². The Morgan fingerprint density at radius 3 is 2.47 bits per heavy atom. The molecule has 0 aromatic carbocycles. The molecule has 3 atom stereocenters. The second-order valence-corrected chi connectivity index (χ2v) is 6.60. The highest BCUT2D eigenvalue weighted by Gasteiger charge is 2.42. The van der Waals surface area contributed by atoms with Gasteiger partial charge in [-0.1, -0.05) is 0 Å². The molecule has 2 aliphatic heterocycles. The van der Waals surface area contributed by atoms with Crippen molar-refractivity contribution in [3.05, 3.63) is 0 Å². The lowest BCUT2D eigenvalue weighted by atomic mass is 10.2. The highest BCUT2D eigenvalue weighted by molar-refractivity contribution is 7.91. The Balaban J connectivity index is 2.15. The van der Waals surface area contributed by atoms with Gasteiger partial charge in [0.05, 0.1) is 23.7 Å². The molecule has 2 saturated heterocycles. The zero-order valence-electron chi connectivity index (χ0n) is 8.93. The molecule has 0 aromatic heterocycles. The van der Waals surface area contributed by atoms with E-state index in [-0.39, 0.29) is 35.7 Å². The monoisotopic (exact) mass is 232 g/mol. The van der Waals surface area contributed by atoms with Gasteiger partial charge in [-0.05, 0) is 20.3 Å². The van der Waals surface area contributed by atoms with Crippen LogP contribution in [0.3, 0.4) is 0 Å². The van der Waals surface area contributed by atoms with E-state index >= 15 is 0 Å². The summed E-state index contributed by atoms with van der Waals surface area (Å²) in [6.07, 6.45) is 0.526. The number of nitrogens with one attached hydrogen (secondary N) is 1. The predicted octanol–water partition coefficient (Wildman–Crippen LogP) is -0.660. The zero-order chi connectivity index (χ0) is 11.2. The molecule has 1 amide bonds. The number of sulfone groups is 1. The Bertz CT molecular complexity index is 379. The minimum absolute atomic E-state index is 0.0181. The predicted molar refractivity (Wildman–Crippen MR) is 56.0 cm³/mol. The molecule has 2 heterocycles. The van der Waals surface area contributed by atoms with E-state index in [2.05, 4.69) is 5.32 Å². The number of amides is 1. The second kappa shape index (κ2) is 3.45. The van der Waals surface area contributed by atoms with Gasteiger partial charge in [-0.15, -0.1) is 0 Å². The van der Waals surface area contributed by atoms with Gasteiger partial charge in [0, 0.05) is 6.04 Å². The van der Waals surface area contributed by atoms with Gasteiger partial charge in [0.2, 0.25) is 5.91 Å². The van der Waals surface area contributed by atoms with Crippen LogP contribution in [0.4, 0.5) is 0 Å². The van der Waals surface area contributed by atoms with Crippen molar-refractivity contribution in [1.82, 2.24) is 10.2 Å². The van der Waals surface area contributed by atoms with Crippen molar-refractivity contribution >= 4 is 15.7 Å². The maximum absolute atomic E-state index is 11.8. The van der Waals surface area contributed by atoms with Gasteiger partial charge in [0.1, 0.15) is 0 Å². The third kappa shape index (κ3) is 1.88. The topological polar surface area (TPSA) is 66.5 Å². The summed E-state index contributed by atoms with van der Waals surface area (Å²) < 4.78 is 22.7. The standard InChI is InChI=1S/C9H16N2O3S/c1-6-9(12)11(7(2)10-6)8-3-4-15(13,14)5-8/h6-8,10H,3-5H2,1-2H3. The second-order valence-electron chi connectivity index (χ2n) is 4.37. The first-order valence-electron chi connectivity index (χ1n) is 5.19. The number of nitrogens with zero attached hydrogens (tertiary/aromatic N) is 1. The first kappa shape index (κ1) is 10.9. The Morgan fingerprint density at radius 2 is 2.07 bits per heavy atom. The van der Waals surface area contributed by atoms with Crippen molar-refractivity contribution in [3.63, 3.8) is 0 Å². The fraction of sp³-hybridized carbons (Fsp3) is 0.889. The lowest BCUT2D eigenvalue weighted by Gasteiger charge is -2.26. The summed E-state index contributed by atoms with van der Waals surface area (Å²) >= 11 is 0. The summed E-state index contributed by atoms with van der Waals surface area (Å²) in [5.41, 5.74) is 0. The van der Waals surface area contributed by atoms with Crippen LogP contribution in [0.1, 0.15) is 20.3 Å². The maximum Gasteiger partial charge on any atom is 0.240 e. The molecule has 0 aliphatic carbocycles. The maximum atomic E-state index is 11.8. The third-order valence-electron chi connectivity index (χ3n) is 3.14. The van der Waals surface area contributed by atoms with Gasteiger partial charge in [0.25, 0.3) is 0 Å². The molecular formula is C9H16N2O3S. The third-order valence-corrected chi connectivity index (χ3v) is 4.89. The van der Waals surface area contributed by atoms with E-state index in [4.69, 9.17) is 0 Å². The smallest absolute Gasteiger partial charge is 0.240 e. The molecule has 6 heteroatoms. The Morgan fingerprint density at radius 1 is 1.40 bits per heavy atom. The van der Waals surface area contributed by atoms with Crippen molar-refractivity contribution in [3.8, 4) is 0 Å². The first-order chi connectivity index (χ1) is 6.91. The molecule has 2 rings (SSSR count). The lowest BCUT2D eigenvalue weighted by molar-refractivity contribution is -0.131. The van der Waals surface area contributed by atoms with E-state index in [1.54, 1.807) is 4.90 Å². The molecule has 0 saturated carbocycles. The Labute approximate surface area is 89.7 Å². The molecule has 0 spiro atoms. The van der Waals surface area contributed by atoms with E-state index in [1.165, 1.54) is 0 Å². The van der Waals surface area contributed by atoms with Crippen LogP contribution < -0.4 is 5.32 Å². The summed E-state index contributed by atoms with van der Waals surface area (Å²) in [7, 11) is -2.92. The van der Waals surface area contributed by atoms with Gasteiger partial charge in [0.15, 0.2) is 9.84 Å². The molecule has 1 N–H and O–H groups in total. The van der Waals surface area contributed by atoms with Gasteiger partial charge in [-0.3, -0.25) is 10.1 Å². The number of carbonyl (C=O) groups is 1. The molecule has 3 unspecified atom stereocenters. The van der Waals surface area contributed by atoms with Crippen molar-refractivity contribution in [2.45, 2.75) is 38.5 Å². The van der Waals surface area contributed by atoms with E-state index < -0.39 is 9.84 Å². The van der Waals surface area contributed by atoms with E-state index in [9.17, 15) is 13.2 Å². The van der Waals surface area contributed by atoms with Crippen molar-refractivity contribution in [1.29, 1.82) is 0 Å². The SMILES string of the molecule is CC1NC(C)N(C2CCS(=O)(=O)C2)C1=O. The van der Waals surface area contributed by atoms with Crippen LogP contribution in [0.15, 0.2) is 0 Å². The Kier molecular flexibility index (Phi) is 2.50. The number of hydrogen-bond acceptors (Lipinski definition) is 4. The van der Waals surface area contributed by atoms with Crippen LogP contribution in [-0.2, 0) is 14.6 Å². The molecule has 2 fully saturated rings. The highest BCUT2D eigenvalue weighted by atomic mass is 32.2. The molecule has 0 bridgehead atoms. The lowest BCUT2D eigenvalue weighted by Crippen LogP contribution is -2.43. The fourth-order valence-electron chi connectivity index (χ4n) is 2.42. The van der Waals surface area contributed by atoms with Crippen molar-refractivity contribution in [2.75, 3.05) is 11.5 Å². The molecule has 15 heavy (non-hydrogen) atoms. The normalized spacial score (nSPS) is 40.0. The number of hydrogen-bond donors (Lipinski definition) is 1. The quantitative estimate of drug-likeness (QED) is 0.652. The van der Waals surface area contributed by atoms with Crippen molar-refractivity contribution < 1.29 is 13.2 Å². The average Bonchev–Trinajstić information content (AvgIpc) is 2.56.